The molecule has 4 atom stereocenters. The minimum atomic E-state index is -0.940. The molecule has 1 aliphatic carbocycles. The van der Waals surface area contributed by atoms with Crippen LogP contribution in [0.15, 0.2) is 12.2 Å². The first kappa shape index (κ1) is 14.6. The van der Waals surface area contributed by atoms with Gasteiger partial charge in [0.1, 0.15) is 5.92 Å². The maximum Gasteiger partial charge on any atom is 0.310 e. The molecule has 1 saturated heterocycles. The van der Waals surface area contributed by atoms with E-state index < -0.39 is 23.9 Å². The van der Waals surface area contributed by atoms with E-state index in [0.717, 1.165) is 25.7 Å². The van der Waals surface area contributed by atoms with E-state index in [0.29, 0.717) is 0 Å². The minimum absolute atomic E-state index is 0.148. The third-order valence-corrected chi connectivity index (χ3v) is 4.94. The Balaban J connectivity index is 1.64. The third kappa shape index (κ3) is 2.98. The number of hydrogen-bond acceptors (Lipinski definition) is 3. The average Bonchev–Trinajstić information content (AvgIpc) is 3.01. The van der Waals surface area contributed by atoms with Crippen molar-refractivity contribution in [2.45, 2.75) is 63.2 Å². The van der Waals surface area contributed by atoms with Crippen molar-refractivity contribution in [3.05, 3.63) is 12.2 Å². The highest BCUT2D eigenvalue weighted by Gasteiger charge is 2.53. The van der Waals surface area contributed by atoms with Crippen LogP contribution in [0.3, 0.4) is 0 Å². The second-order valence-electron chi connectivity index (χ2n) is 6.39. The fraction of sp³-hybridized carbons (Fsp3) is 0.750. The average molecular weight is 293 g/mol. The predicted octanol–water partition coefficient (Wildman–Crippen LogP) is 1.87. The van der Waals surface area contributed by atoms with Crippen LogP contribution in [0.4, 0.5) is 0 Å². The number of amides is 1. The molecule has 0 aromatic heterocycles. The maximum atomic E-state index is 12.5. The molecule has 5 nitrogen and oxygen atoms in total. The molecular weight excluding hydrogens is 270 g/mol. The third-order valence-electron chi connectivity index (χ3n) is 4.94. The summed E-state index contributed by atoms with van der Waals surface area (Å²) >= 11 is 0. The molecule has 0 aromatic carbocycles. The van der Waals surface area contributed by atoms with Crippen LogP contribution in [0, 0.1) is 11.8 Å². The SMILES string of the molecule is O=C(NC1CCCCCCC1)[C@@H]1[C@H](C(=O)O)[C@@H]2C=C[C@H]1O2. The Morgan fingerprint density at radius 2 is 1.52 bits per heavy atom. The van der Waals surface area contributed by atoms with Crippen LogP contribution < -0.4 is 5.32 Å². The molecule has 0 radical (unpaired) electrons. The molecule has 2 bridgehead atoms. The molecule has 2 heterocycles. The van der Waals surface area contributed by atoms with E-state index >= 15 is 0 Å². The van der Waals surface area contributed by atoms with Gasteiger partial charge >= 0.3 is 5.97 Å². The molecule has 0 aromatic rings. The van der Waals surface area contributed by atoms with Gasteiger partial charge in [0.2, 0.25) is 5.91 Å². The number of hydrogen-bond donors (Lipinski definition) is 2. The molecule has 3 aliphatic rings. The van der Waals surface area contributed by atoms with Crippen LogP contribution >= 0.6 is 0 Å². The van der Waals surface area contributed by atoms with Gasteiger partial charge in [-0.25, -0.2) is 0 Å². The second-order valence-corrected chi connectivity index (χ2v) is 6.39. The molecule has 0 spiro atoms. The largest absolute Gasteiger partial charge is 0.481 e. The van der Waals surface area contributed by atoms with E-state index in [1.807, 2.05) is 6.08 Å². The summed E-state index contributed by atoms with van der Waals surface area (Å²) in [7, 11) is 0. The molecule has 3 rings (SSSR count). The molecule has 21 heavy (non-hydrogen) atoms. The number of aliphatic carboxylic acids is 1. The molecule has 116 valence electrons. The topological polar surface area (TPSA) is 75.6 Å². The van der Waals surface area contributed by atoms with Gasteiger partial charge in [-0.15, -0.1) is 0 Å². The fourth-order valence-electron chi connectivity index (χ4n) is 3.81. The number of carboxylic acid groups (broad SMARTS) is 1. The summed E-state index contributed by atoms with van der Waals surface area (Å²) in [5.74, 6) is -2.41. The molecule has 2 aliphatic heterocycles. The molecule has 0 unspecified atom stereocenters. The van der Waals surface area contributed by atoms with E-state index in [9.17, 15) is 14.7 Å². The lowest BCUT2D eigenvalue weighted by atomic mass is 9.82. The van der Waals surface area contributed by atoms with Crippen molar-refractivity contribution < 1.29 is 19.4 Å². The van der Waals surface area contributed by atoms with Crippen molar-refractivity contribution >= 4 is 11.9 Å². The van der Waals surface area contributed by atoms with E-state index in [-0.39, 0.29) is 18.1 Å². The van der Waals surface area contributed by atoms with Gasteiger partial charge in [0.25, 0.3) is 0 Å². The van der Waals surface area contributed by atoms with Crippen molar-refractivity contribution in [1.29, 1.82) is 0 Å². The molecule has 1 amide bonds. The zero-order chi connectivity index (χ0) is 14.8. The summed E-state index contributed by atoms with van der Waals surface area (Å²) in [6.45, 7) is 0. The van der Waals surface area contributed by atoms with Gasteiger partial charge in [0, 0.05) is 6.04 Å². The number of carbonyl (C=O) groups is 2. The molecule has 2 fully saturated rings. The summed E-state index contributed by atoms with van der Waals surface area (Å²) in [5.41, 5.74) is 0. The van der Waals surface area contributed by atoms with Gasteiger partial charge < -0.3 is 15.2 Å². The number of fused-ring (bicyclic) bond motifs is 2. The number of carboxylic acids is 1. The van der Waals surface area contributed by atoms with E-state index in [4.69, 9.17) is 4.74 Å². The first-order valence-electron chi connectivity index (χ1n) is 8.04. The Labute approximate surface area is 124 Å². The Hall–Kier alpha value is -1.36. The van der Waals surface area contributed by atoms with Crippen LogP contribution in [0.1, 0.15) is 44.9 Å². The van der Waals surface area contributed by atoms with Crippen molar-refractivity contribution in [3.8, 4) is 0 Å². The number of carbonyl (C=O) groups excluding carboxylic acids is 1. The number of ether oxygens (including phenoxy) is 1. The van der Waals surface area contributed by atoms with Gasteiger partial charge in [-0.1, -0.05) is 44.3 Å². The Bertz CT molecular complexity index is 440. The first-order valence-corrected chi connectivity index (χ1v) is 8.04. The lowest BCUT2D eigenvalue weighted by Crippen LogP contribution is -2.46. The second kappa shape index (κ2) is 6.18. The highest BCUT2D eigenvalue weighted by Crippen LogP contribution is 2.39. The predicted molar refractivity (Wildman–Crippen MR) is 76.7 cm³/mol. The summed E-state index contributed by atoms with van der Waals surface area (Å²) in [6.07, 6.45) is 10.8. The summed E-state index contributed by atoms with van der Waals surface area (Å²) in [4.78, 5) is 23.9. The highest BCUT2D eigenvalue weighted by molar-refractivity contribution is 5.87. The van der Waals surface area contributed by atoms with Gasteiger partial charge in [0.15, 0.2) is 0 Å². The maximum absolute atomic E-state index is 12.5. The summed E-state index contributed by atoms with van der Waals surface area (Å²) in [6, 6.07) is 0.190. The smallest absolute Gasteiger partial charge is 0.310 e. The molecular formula is C16H23NO4. The van der Waals surface area contributed by atoms with Gasteiger partial charge in [-0.3, -0.25) is 9.59 Å². The standard InChI is InChI=1S/C16H23NO4/c18-15(17-10-6-4-2-1-3-5-7-10)13-11-8-9-12(21-11)14(13)16(19)20/h8-14H,1-7H2,(H,17,18)(H,19,20)/t11-,12+,13+,14-/m1/s1. The zero-order valence-electron chi connectivity index (χ0n) is 12.2. The van der Waals surface area contributed by atoms with E-state index in [1.54, 1.807) is 6.08 Å². The lowest BCUT2D eigenvalue weighted by Gasteiger charge is -2.26. The van der Waals surface area contributed by atoms with Crippen LogP contribution in [0.2, 0.25) is 0 Å². The minimum Gasteiger partial charge on any atom is -0.481 e. The summed E-state index contributed by atoms with van der Waals surface area (Å²) in [5, 5.41) is 12.4. The monoisotopic (exact) mass is 293 g/mol. The Morgan fingerprint density at radius 1 is 0.952 bits per heavy atom. The van der Waals surface area contributed by atoms with Gasteiger partial charge in [-0.2, -0.15) is 0 Å². The highest BCUT2D eigenvalue weighted by atomic mass is 16.5. The van der Waals surface area contributed by atoms with Gasteiger partial charge in [-0.05, 0) is 12.8 Å². The normalized spacial score (nSPS) is 36.2. The Kier molecular flexibility index (Phi) is 4.29. The van der Waals surface area contributed by atoms with Crippen molar-refractivity contribution in [2.75, 3.05) is 0 Å². The molecule has 5 heteroatoms. The lowest BCUT2D eigenvalue weighted by molar-refractivity contribution is -0.146. The van der Waals surface area contributed by atoms with Crippen molar-refractivity contribution in [2.24, 2.45) is 11.8 Å². The fourth-order valence-corrected chi connectivity index (χ4v) is 3.81. The molecule has 1 saturated carbocycles. The Morgan fingerprint density at radius 3 is 2.14 bits per heavy atom. The van der Waals surface area contributed by atoms with Crippen molar-refractivity contribution in [1.82, 2.24) is 5.32 Å². The van der Waals surface area contributed by atoms with E-state index in [2.05, 4.69) is 5.32 Å². The van der Waals surface area contributed by atoms with Crippen molar-refractivity contribution in [3.63, 3.8) is 0 Å². The van der Waals surface area contributed by atoms with E-state index in [1.165, 1.54) is 19.3 Å². The van der Waals surface area contributed by atoms with Crippen LogP contribution in [-0.2, 0) is 14.3 Å². The quantitative estimate of drug-likeness (QED) is 0.779. The van der Waals surface area contributed by atoms with Crippen LogP contribution in [-0.4, -0.2) is 35.2 Å². The van der Waals surface area contributed by atoms with Crippen LogP contribution in [0.5, 0.6) is 0 Å². The van der Waals surface area contributed by atoms with Gasteiger partial charge in [0.05, 0.1) is 18.1 Å². The zero-order valence-corrected chi connectivity index (χ0v) is 12.2. The van der Waals surface area contributed by atoms with Crippen LogP contribution in [0.25, 0.3) is 0 Å². The first-order chi connectivity index (χ1) is 10.2. The molecule has 2 N–H and O–H groups in total. The summed E-state index contributed by atoms with van der Waals surface area (Å²) < 4.78 is 5.56. The number of rotatable bonds is 3. The number of nitrogens with one attached hydrogen (secondary N) is 1.